The average molecular weight is 246 g/mol. The smallest absolute Gasteiger partial charge is 0.346 e. The predicted octanol–water partition coefficient (Wildman–Crippen LogP) is 0.708. The monoisotopic (exact) mass is 246 g/mol. The van der Waals surface area contributed by atoms with Crippen LogP contribution in [0.1, 0.15) is 5.69 Å². The molecule has 0 bridgehead atoms. The Balaban J connectivity index is 3.34. The van der Waals surface area contributed by atoms with E-state index in [-0.39, 0.29) is 5.00 Å². The maximum absolute atomic E-state index is 10.7. The van der Waals surface area contributed by atoms with E-state index in [1.165, 1.54) is 0 Å². The van der Waals surface area contributed by atoms with Crippen molar-refractivity contribution >= 4 is 33.7 Å². The van der Waals surface area contributed by atoms with Gasteiger partial charge < -0.3 is 9.88 Å². The normalized spacial score (nSPS) is 11.5. The zero-order chi connectivity index (χ0) is 11.6. The van der Waals surface area contributed by atoms with Gasteiger partial charge in [0.05, 0.1) is 4.92 Å². The molecule has 1 aromatic rings. The van der Waals surface area contributed by atoms with Crippen molar-refractivity contribution in [1.29, 1.82) is 0 Å². The highest BCUT2D eigenvalue weighted by Crippen LogP contribution is 2.19. The first-order chi connectivity index (χ1) is 6.97. The molecule has 0 aliphatic carbocycles. The van der Waals surface area contributed by atoms with Crippen LogP contribution in [0.4, 0.5) is 5.00 Å². The summed E-state index contributed by atoms with van der Waals surface area (Å²) in [6.45, 7) is 1.68. The molecule has 0 atom stereocenters. The van der Waals surface area contributed by atoms with Crippen LogP contribution in [-0.4, -0.2) is 21.7 Å². The van der Waals surface area contributed by atoms with Crippen molar-refractivity contribution in [2.24, 2.45) is 12.0 Å². The van der Waals surface area contributed by atoms with Gasteiger partial charge in [-0.25, -0.2) is 0 Å². The number of hydrogen-bond donors (Lipinski definition) is 1. The lowest BCUT2D eigenvalue weighted by Crippen LogP contribution is -2.20. The van der Waals surface area contributed by atoms with Crippen LogP contribution >= 0.6 is 23.6 Å². The Hall–Kier alpha value is -1.28. The Morgan fingerprint density at radius 1 is 1.73 bits per heavy atom. The Morgan fingerprint density at radius 2 is 2.33 bits per heavy atom. The maximum atomic E-state index is 10.7. The van der Waals surface area contributed by atoms with Gasteiger partial charge in [0.15, 0.2) is 9.91 Å². The largest absolute Gasteiger partial charge is 0.364 e. The third kappa shape index (κ3) is 2.39. The van der Waals surface area contributed by atoms with Gasteiger partial charge in [-0.2, -0.15) is 4.99 Å². The van der Waals surface area contributed by atoms with Gasteiger partial charge in [-0.05, 0) is 30.5 Å². The first kappa shape index (κ1) is 11.8. The first-order valence-corrected chi connectivity index (χ1v) is 5.27. The Morgan fingerprint density at radius 3 is 2.73 bits per heavy atom. The van der Waals surface area contributed by atoms with E-state index in [2.05, 4.69) is 10.3 Å². The number of aromatic nitrogens is 1. The van der Waals surface area contributed by atoms with E-state index in [9.17, 15) is 10.1 Å². The number of hydrogen-bond acceptors (Lipinski definition) is 4. The Kier molecular flexibility index (Phi) is 3.53. The molecular weight excluding hydrogens is 236 g/mol. The molecule has 0 unspecified atom stereocenters. The van der Waals surface area contributed by atoms with Crippen LogP contribution in [0.15, 0.2) is 4.99 Å². The lowest BCUT2D eigenvalue weighted by atomic mass is 10.5. The standard InChI is InChI=1S/C7H10N4O2S2/c1-4-5(11(12)13)15-7(10(4)3)9-6(14)8-2/h1-3H3,(H,8,14). The molecule has 8 heteroatoms. The quantitative estimate of drug-likeness (QED) is 0.450. The zero-order valence-electron chi connectivity index (χ0n) is 8.47. The molecule has 1 rings (SSSR count). The molecule has 0 aliphatic rings. The second-order valence-electron chi connectivity index (χ2n) is 2.76. The molecule has 6 nitrogen and oxygen atoms in total. The Labute approximate surface area is 95.4 Å². The highest BCUT2D eigenvalue weighted by Gasteiger charge is 2.17. The third-order valence-corrected chi connectivity index (χ3v) is 3.35. The number of nitro groups is 1. The summed E-state index contributed by atoms with van der Waals surface area (Å²) in [5.41, 5.74) is 0.572. The lowest BCUT2D eigenvalue weighted by molar-refractivity contribution is -0.381. The molecule has 1 N–H and O–H groups in total. The van der Waals surface area contributed by atoms with E-state index in [1.54, 1.807) is 25.6 Å². The van der Waals surface area contributed by atoms with Crippen molar-refractivity contribution in [3.8, 4) is 0 Å². The summed E-state index contributed by atoms with van der Waals surface area (Å²) in [5.74, 6) is 0. The molecule has 0 spiro atoms. The van der Waals surface area contributed by atoms with Crippen LogP contribution < -0.4 is 10.1 Å². The highest BCUT2D eigenvalue weighted by molar-refractivity contribution is 7.80. The van der Waals surface area contributed by atoms with Crippen molar-refractivity contribution in [3.63, 3.8) is 0 Å². The number of thiocarbonyl (C=S) groups is 1. The fourth-order valence-corrected chi connectivity index (χ4v) is 2.01. The molecular formula is C7H10N4O2S2. The van der Waals surface area contributed by atoms with Gasteiger partial charge in [0.1, 0.15) is 5.69 Å². The minimum Gasteiger partial charge on any atom is -0.364 e. The number of rotatable bonds is 1. The average Bonchev–Trinajstić information content (AvgIpc) is 2.46. The van der Waals surface area contributed by atoms with E-state index in [0.29, 0.717) is 15.6 Å². The van der Waals surface area contributed by atoms with Gasteiger partial charge in [0.25, 0.3) is 0 Å². The van der Waals surface area contributed by atoms with E-state index in [1.807, 2.05) is 0 Å². The summed E-state index contributed by atoms with van der Waals surface area (Å²) in [6, 6.07) is 0. The van der Waals surface area contributed by atoms with Crippen LogP contribution in [0.5, 0.6) is 0 Å². The van der Waals surface area contributed by atoms with Gasteiger partial charge in [-0.15, -0.1) is 0 Å². The van der Waals surface area contributed by atoms with Gasteiger partial charge in [0.2, 0.25) is 0 Å². The highest BCUT2D eigenvalue weighted by atomic mass is 32.1. The Bertz CT molecular complexity index is 474. The molecule has 0 saturated heterocycles. The fourth-order valence-electron chi connectivity index (χ4n) is 0.926. The topological polar surface area (TPSA) is 72.5 Å². The van der Waals surface area contributed by atoms with Gasteiger partial charge >= 0.3 is 5.00 Å². The summed E-state index contributed by atoms with van der Waals surface area (Å²) < 4.78 is 1.65. The van der Waals surface area contributed by atoms with E-state index in [0.717, 1.165) is 11.3 Å². The molecule has 0 fully saturated rings. The van der Waals surface area contributed by atoms with Crippen LogP contribution in [0.3, 0.4) is 0 Å². The fraction of sp³-hybridized carbons (Fsp3) is 0.429. The van der Waals surface area contributed by atoms with Gasteiger partial charge in [0, 0.05) is 14.1 Å². The van der Waals surface area contributed by atoms with Crippen molar-refractivity contribution in [1.82, 2.24) is 9.88 Å². The van der Waals surface area contributed by atoms with Gasteiger partial charge in [-0.1, -0.05) is 0 Å². The van der Waals surface area contributed by atoms with Gasteiger partial charge in [-0.3, -0.25) is 10.1 Å². The summed E-state index contributed by atoms with van der Waals surface area (Å²) >= 11 is 5.87. The molecule has 1 aromatic heterocycles. The van der Waals surface area contributed by atoms with E-state index >= 15 is 0 Å². The molecule has 0 aliphatic heterocycles. The molecule has 0 radical (unpaired) electrons. The lowest BCUT2D eigenvalue weighted by Gasteiger charge is -1.94. The van der Waals surface area contributed by atoms with Crippen LogP contribution in [-0.2, 0) is 7.05 Å². The SMILES string of the molecule is CNC(=S)N=c1sc([N+](=O)[O-])c(C)n1C. The number of nitrogens with zero attached hydrogens (tertiary/aromatic N) is 3. The second kappa shape index (κ2) is 4.49. The maximum Gasteiger partial charge on any atom is 0.346 e. The van der Waals surface area contributed by atoms with Crippen molar-refractivity contribution in [2.45, 2.75) is 6.92 Å². The van der Waals surface area contributed by atoms with Crippen LogP contribution in [0.2, 0.25) is 0 Å². The van der Waals surface area contributed by atoms with E-state index < -0.39 is 4.92 Å². The van der Waals surface area contributed by atoms with Crippen LogP contribution in [0.25, 0.3) is 0 Å². The summed E-state index contributed by atoms with van der Waals surface area (Å²) in [4.78, 5) is 14.8. The first-order valence-electron chi connectivity index (χ1n) is 4.04. The molecule has 82 valence electrons. The summed E-state index contributed by atoms with van der Waals surface area (Å²) in [7, 11) is 3.37. The minimum absolute atomic E-state index is 0.0927. The third-order valence-electron chi connectivity index (χ3n) is 1.86. The summed E-state index contributed by atoms with van der Waals surface area (Å²) in [5, 5.41) is 13.7. The summed E-state index contributed by atoms with van der Waals surface area (Å²) in [6.07, 6.45) is 0. The van der Waals surface area contributed by atoms with E-state index in [4.69, 9.17) is 12.2 Å². The van der Waals surface area contributed by atoms with Crippen molar-refractivity contribution in [2.75, 3.05) is 7.05 Å². The van der Waals surface area contributed by atoms with Crippen molar-refractivity contribution < 1.29 is 4.92 Å². The van der Waals surface area contributed by atoms with Crippen molar-refractivity contribution in [3.05, 3.63) is 20.6 Å². The number of thiazole rings is 1. The minimum atomic E-state index is -0.415. The molecule has 0 saturated carbocycles. The number of nitrogens with one attached hydrogen (secondary N) is 1. The molecule has 15 heavy (non-hydrogen) atoms. The second-order valence-corrected chi connectivity index (χ2v) is 4.10. The zero-order valence-corrected chi connectivity index (χ0v) is 10.1. The molecule has 0 aromatic carbocycles. The molecule has 0 amide bonds. The van der Waals surface area contributed by atoms with Crippen LogP contribution in [0, 0.1) is 17.0 Å². The predicted molar refractivity (Wildman–Crippen MR) is 61.9 cm³/mol. The molecule has 1 heterocycles.